The normalized spacial score (nSPS) is 33.2. The van der Waals surface area contributed by atoms with Gasteiger partial charge in [0.05, 0.1) is 11.7 Å². The zero-order valence-corrected chi connectivity index (χ0v) is 13.1. The number of carbonyl (C=O) groups excluding carboxylic acids is 1. The van der Waals surface area contributed by atoms with E-state index in [1.54, 1.807) is 0 Å². The van der Waals surface area contributed by atoms with Crippen LogP contribution in [0.4, 0.5) is 0 Å². The van der Waals surface area contributed by atoms with Crippen molar-refractivity contribution in [1.82, 2.24) is 15.1 Å². The molecular weight excluding hydrogens is 262 g/mol. The molecule has 2 saturated carbocycles. The van der Waals surface area contributed by atoms with Gasteiger partial charge in [-0.25, -0.2) is 0 Å². The highest BCUT2D eigenvalue weighted by Crippen LogP contribution is 2.45. The van der Waals surface area contributed by atoms with Gasteiger partial charge in [0, 0.05) is 13.1 Å². The minimum absolute atomic E-state index is 0.130. The van der Waals surface area contributed by atoms with Crippen LogP contribution in [0, 0.1) is 5.92 Å². The Balaban J connectivity index is 1.41. The monoisotopic (exact) mass is 291 g/mol. The minimum atomic E-state index is -0.130. The molecule has 0 aromatic carbocycles. The third-order valence-corrected chi connectivity index (χ3v) is 6.13. The number of nitrogens with one attached hydrogen (secondary N) is 1. The van der Waals surface area contributed by atoms with Gasteiger partial charge in [-0.2, -0.15) is 0 Å². The topological polar surface area (TPSA) is 35.6 Å². The molecule has 0 bridgehead atoms. The zero-order valence-electron chi connectivity index (χ0n) is 13.1. The first kappa shape index (κ1) is 14.0. The van der Waals surface area contributed by atoms with Crippen molar-refractivity contribution in [2.45, 2.75) is 69.5 Å². The second kappa shape index (κ2) is 5.54. The van der Waals surface area contributed by atoms with Gasteiger partial charge in [0.15, 0.2) is 0 Å². The molecule has 2 aliphatic heterocycles. The number of piperidine rings is 1. The van der Waals surface area contributed by atoms with Crippen molar-refractivity contribution in [3.8, 4) is 0 Å². The number of amides is 1. The molecule has 0 radical (unpaired) electrons. The largest absolute Gasteiger partial charge is 0.324 e. The Morgan fingerprint density at radius 3 is 2.38 bits per heavy atom. The summed E-state index contributed by atoms with van der Waals surface area (Å²) in [6.45, 7) is 4.48. The van der Waals surface area contributed by atoms with E-state index < -0.39 is 0 Å². The van der Waals surface area contributed by atoms with Crippen molar-refractivity contribution in [3.63, 3.8) is 0 Å². The maximum Gasteiger partial charge on any atom is 0.244 e. The van der Waals surface area contributed by atoms with Crippen molar-refractivity contribution >= 4 is 5.91 Å². The molecule has 118 valence electrons. The molecule has 2 aliphatic carbocycles. The SMILES string of the molecule is O=C1N(CCN2CCCCC2)C(C2CCCC2)NC12CC2. The fourth-order valence-corrected chi connectivity index (χ4v) is 4.63. The van der Waals surface area contributed by atoms with Crippen LogP contribution < -0.4 is 5.32 Å². The average molecular weight is 291 g/mol. The Morgan fingerprint density at radius 1 is 1.00 bits per heavy atom. The number of rotatable bonds is 4. The summed E-state index contributed by atoms with van der Waals surface area (Å²) in [6, 6.07) is 0. The lowest BCUT2D eigenvalue weighted by atomic mass is 10.0. The van der Waals surface area contributed by atoms with Crippen LogP contribution in [0.25, 0.3) is 0 Å². The molecule has 1 amide bonds. The highest BCUT2D eigenvalue weighted by molar-refractivity contribution is 5.91. The van der Waals surface area contributed by atoms with Crippen molar-refractivity contribution < 1.29 is 4.79 Å². The van der Waals surface area contributed by atoms with Gasteiger partial charge in [-0.3, -0.25) is 10.1 Å². The quantitative estimate of drug-likeness (QED) is 0.860. The van der Waals surface area contributed by atoms with Crippen molar-refractivity contribution in [3.05, 3.63) is 0 Å². The average Bonchev–Trinajstić information content (AvgIpc) is 2.99. The van der Waals surface area contributed by atoms with Crippen LogP contribution in [0.15, 0.2) is 0 Å². The standard InChI is InChI=1S/C17H29N3O/c21-16-17(8-9-17)18-15(14-6-2-3-7-14)20(16)13-12-19-10-4-1-5-11-19/h14-15,18H,1-13H2. The van der Waals surface area contributed by atoms with Gasteiger partial charge in [0.1, 0.15) is 0 Å². The molecule has 1 unspecified atom stereocenters. The Bertz CT molecular complexity index is 395. The molecule has 2 saturated heterocycles. The van der Waals surface area contributed by atoms with E-state index in [9.17, 15) is 4.79 Å². The summed E-state index contributed by atoms with van der Waals surface area (Å²) in [5, 5.41) is 3.73. The number of nitrogens with zero attached hydrogens (tertiary/aromatic N) is 2. The van der Waals surface area contributed by atoms with Crippen LogP contribution in [-0.4, -0.2) is 53.6 Å². The summed E-state index contributed by atoms with van der Waals surface area (Å²) in [5.41, 5.74) is -0.130. The molecule has 1 spiro atoms. The number of likely N-dealkylation sites (tertiary alicyclic amines) is 1. The first-order valence-corrected chi connectivity index (χ1v) is 9.10. The molecule has 4 fully saturated rings. The van der Waals surface area contributed by atoms with Crippen molar-refractivity contribution in [1.29, 1.82) is 0 Å². The van der Waals surface area contributed by atoms with Crippen LogP contribution in [0.3, 0.4) is 0 Å². The van der Waals surface area contributed by atoms with Gasteiger partial charge >= 0.3 is 0 Å². The van der Waals surface area contributed by atoms with E-state index in [0.717, 1.165) is 25.9 Å². The lowest BCUT2D eigenvalue weighted by Crippen LogP contribution is -2.46. The highest BCUT2D eigenvalue weighted by Gasteiger charge is 2.60. The molecule has 0 aromatic heterocycles. The maximum atomic E-state index is 12.8. The zero-order chi connectivity index (χ0) is 14.3. The fraction of sp³-hybridized carbons (Fsp3) is 0.941. The second-order valence-corrected chi connectivity index (χ2v) is 7.62. The van der Waals surface area contributed by atoms with E-state index >= 15 is 0 Å². The van der Waals surface area contributed by atoms with Gasteiger partial charge in [-0.1, -0.05) is 19.3 Å². The Labute approximate surface area is 128 Å². The Hall–Kier alpha value is -0.610. The van der Waals surface area contributed by atoms with E-state index in [0.29, 0.717) is 18.0 Å². The predicted octanol–water partition coefficient (Wildman–Crippen LogP) is 1.95. The molecule has 4 heteroatoms. The van der Waals surface area contributed by atoms with Crippen molar-refractivity contribution in [2.24, 2.45) is 5.92 Å². The molecule has 2 heterocycles. The molecule has 21 heavy (non-hydrogen) atoms. The minimum Gasteiger partial charge on any atom is -0.324 e. The summed E-state index contributed by atoms with van der Waals surface area (Å²) in [4.78, 5) is 17.6. The number of hydrogen-bond acceptors (Lipinski definition) is 3. The molecule has 4 rings (SSSR count). The summed E-state index contributed by atoms with van der Waals surface area (Å²) >= 11 is 0. The van der Waals surface area contributed by atoms with E-state index in [-0.39, 0.29) is 5.54 Å². The molecule has 1 atom stereocenters. The predicted molar refractivity (Wildman–Crippen MR) is 82.9 cm³/mol. The van der Waals surface area contributed by atoms with Gasteiger partial charge in [0.2, 0.25) is 5.91 Å². The van der Waals surface area contributed by atoms with Gasteiger partial charge in [-0.15, -0.1) is 0 Å². The highest BCUT2D eigenvalue weighted by atomic mass is 16.2. The molecule has 0 aromatic rings. The van der Waals surface area contributed by atoms with E-state index in [2.05, 4.69) is 15.1 Å². The van der Waals surface area contributed by atoms with Crippen LogP contribution >= 0.6 is 0 Å². The van der Waals surface area contributed by atoms with Crippen LogP contribution in [0.2, 0.25) is 0 Å². The first-order chi connectivity index (χ1) is 10.3. The summed E-state index contributed by atoms with van der Waals surface area (Å²) < 4.78 is 0. The Morgan fingerprint density at radius 2 is 1.71 bits per heavy atom. The lowest BCUT2D eigenvalue weighted by Gasteiger charge is -2.32. The van der Waals surface area contributed by atoms with Crippen LogP contribution in [0.1, 0.15) is 57.8 Å². The van der Waals surface area contributed by atoms with Gasteiger partial charge < -0.3 is 9.80 Å². The van der Waals surface area contributed by atoms with E-state index in [4.69, 9.17) is 0 Å². The molecular formula is C17H29N3O. The van der Waals surface area contributed by atoms with Gasteiger partial charge in [-0.05, 0) is 57.5 Å². The summed E-state index contributed by atoms with van der Waals surface area (Å²) in [5.74, 6) is 1.12. The molecule has 4 nitrogen and oxygen atoms in total. The smallest absolute Gasteiger partial charge is 0.244 e. The van der Waals surface area contributed by atoms with Crippen molar-refractivity contribution in [2.75, 3.05) is 26.2 Å². The van der Waals surface area contributed by atoms with E-state index in [1.165, 1.54) is 58.0 Å². The second-order valence-electron chi connectivity index (χ2n) is 7.62. The number of carbonyl (C=O) groups is 1. The Kier molecular flexibility index (Phi) is 3.70. The third-order valence-electron chi connectivity index (χ3n) is 6.13. The fourth-order valence-electron chi connectivity index (χ4n) is 4.63. The lowest BCUT2D eigenvalue weighted by molar-refractivity contribution is -0.131. The van der Waals surface area contributed by atoms with Gasteiger partial charge in [0.25, 0.3) is 0 Å². The van der Waals surface area contributed by atoms with Crippen LogP contribution in [0.5, 0.6) is 0 Å². The summed E-state index contributed by atoms with van der Waals surface area (Å²) in [7, 11) is 0. The van der Waals surface area contributed by atoms with E-state index in [1.807, 2.05) is 0 Å². The maximum absolute atomic E-state index is 12.8. The van der Waals surface area contributed by atoms with Crippen LogP contribution in [-0.2, 0) is 4.79 Å². The first-order valence-electron chi connectivity index (χ1n) is 9.10. The summed E-state index contributed by atoms with van der Waals surface area (Å²) in [6.07, 6.45) is 11.8. The molecule has 1 N–H and O–H groups in total. The molecule has 4 aliphatic rings. The third kappa shape index (κ3) is 2.61. The number of hydrogen-bond donors (Lipinski definition) is 1.